The molecule has 0 bridgehead atoms. The molecule has 0 radical (unpaired) electrons. The zero-order valence-corrected chi connectivity index (χ0v) is 10.8. The Morgan fingerprint density at radius 2 is 2.18 bits per heavy atom. The lowest BCUT2D eigenvalue weighted by Gasteiger charge is -2.38. The Bertz CT molecular complexity index is 428. The second kappa shape index (κ2) is 4.49. The van der Waals surface area contributed by atoms with Crippen molar-refractivity contribution in [1.82, 2.24) is 9.78 Å². The van der Waals surface area contributed by atoms with Crippen molar-refractivity contribution in [2.75, 3.05) is 18.1 Å². The molecule has 0 amide bonds. The van der Waals surface area contributed by atoms with Crippen LogP contribution in [-0.4, -0.2) is 41.4 Å². The third kappa shape index (κ3) is 2.07. The average Bonchev–Trinajstić information content (AvgIpc) is 2.56. The molecule has 1 aliphatic heterocycles. The van der Waals surface area contributed by atoms with E-state index in [0.717, 1.165) is 24.3 Å². The highest BCUT2D eigenvalue weighted by Crippen LogP contribution is 2.26. The molecule has 2 rings (SSSR count). The van der Waals surface area contributed by atoms with Crippen LogP contribution in [0.4, 0.5) is 5.82 Å². The van der Waals surface area contributed by atoms with Gasteiger partial charge < -0.3 is 9.64 Å². The van der Waals surface area contributed by atoms with Gasteiger partial charge >= 0.3 is 0 Å². The normalized spacial score (nSPS) is 25.1. The summed E-state index contributed by atoms with van der Waals surface area (Å²) in [5.74, 6) is 0.903. The number of anilines is 1. The fraction of sp³-hybridized carbons (Fsp3) is 0.667. The number of morpholine rings is 1. The molecule has 1 aromatic heterocycles. The minimum atomic E-state index is 0.181. The number of carbonyl (C=O) groups excluding carboxylic acids is 1. The van der Waals surface area contributed by atoms with Gasteiger partial charge in [0, 0.05) is 13.6 Å². The number of ether oxygens (including phenoxy) is 1. The lowest BCUT2D eigenvalue weighted by Crippen LogP contribution is -2.48. The summed E-state index contributed by atoms with van der Waals surface area (Å²) in [4.78, 5) is 13.4. The van der Waals surface area contributed by atoms with Gasteiger partial charge in [-0.05, 0) is 20.8 Å². The molecule has 2 atom stereocenters. The lowest BCUT2D eigenvalue weighted by molar-refractivity contribution is 0.0337. The van der Waals surface area contributed by atoms with Crippen molar-refractivity contribution >= 4 is 12.1 Å². The van der Waals surface area contributed by atoms with Gasteiger partial charge in [0.2, 0.25) is 0 Å². The highest BCUT2D eigenvalue weighted by Gasteiger charge is 2.28. The van der Waals surface area contributed by atoms with Crippen LogP contribution < -0.4 is 4.90 Å². The van der Waals surface area contributed by atoms with E-state index in [1.807, 2.05) is 20.9 Å². The Morgan fingerprint density at radius 3 is 2.82 bits per heavy atom. The van der Waals surface area contributed by atoms with E-state index in [2.05, 4.69) is 16.9 Å². The number of nitrogens with zero attached hydrogens (tertiary/aromatic N) is 3. The number of aldehydes is 1. The van der Waals surface area contributed by atoms with Crippen LogP contribution in [0.2, 0.25) is 0 Å². The lowest BCUT2D eigenvalue weighted by atomic mass is 10.1. The number of aromatic nitrogens is 2. The minimum absolute atomic E-state index is 0.181. The molecule has 0 aliphatic carbocycles. The molecule has 0 N–H and O–H groups in total. The summed E-state index contributed by atoms with van der Waals surface area (Å²) >= 11 is 0. The topological polar surface area (TPSA) is 47.4 Å². The molecule has 0 spiro atoms. The molecule has 2 unspecified atom stereocenters. The molecule has 0 aromatic carbocycles. The average molecular weight is 237 g/mol. The predicted molar refractivity (Wildman–Crippen MR) is 65.6 cm³/mol. The summed E-state index contributed by atoms with van der Waals surface area (Å²) in [5, 5.41) is 4.32. The summed E-state index contributed by atoms with van der Waals surface area (Å²) < 4.78 is 7.39. The Balaban J connectivity index is 2.41. The summed E-state index contributed by atoms with van der Waals surface area (Å²) in [5.41, 5.74) is 1.47. The van der Waals surface area contributed by atoms with Crippen LogP contribution in [0.1, 0.15) is 29.9 Å². The van der Waals surface area contributed by atoms with Crippen molar-refractivity contribution < 1.29 is 9.53 Å². The predicted octanol–water partition coefficient (Wildman–Crippen LogP) is 1.15. The molecular formula is C12H19N3O2. The summed E-state index contributed by atoms with van der Waals surface area (Å²) in [6.45, 7) is 7.48. The number of aryl methyl sites for hydroxylation is 2. The molecule has 1 aliphatic rings. The minimum Gasteiger partial charge on any atom is -0.375 e. The third-order valence-corrected chi connectivity index (χ3v) is 3.23. The van der Waals surface area contributed by atoms with Gasteiger partial charge in [0.25, 0.3) is 0 Å². The van der Waals surface area contributed by atoms with E-state index in [0.29, 0.717) is 12.2 Å². The SMILES string of the molecule is Cc1nn(C)c(N2CC(C)OCC2C)c1C=O. The molecule has 94 valence electrons. The van der Waals surface area contributed by atoms with E-state index in [9.17, 15) is 4.79 Å². The first-order chi connectivity index (χ1) is 8.04. The van der Waals surface area contributed by atoms with E-state index >= 15 is 0 Å². The number of hydrogen-bond acceptors (Lipinski definition) is 4. The zero-order valence-electron chi connectivity index (χ0n) is 10.8. The standard InChI is InChI=1S/C12H19N3O2/c1-8-7-17-9(2)5-15(8)12-11(6-16)10(3)13-14(12)4/h6,8-9H,5,7H2,1-4H3. The molecule has 1 fully saturated rings. The fourth-order valence-corrected chi connectivity index (χ4v) is 2.34. The second-order valence-corrected chi connectivity index (χ2v) is 4.71. The smallest absolute Gasteiger partial charge is 0.155 e. The van der Waals surface area contributed by atoms with Crippen molar-refractivity contribution in [1.29, 1.82) is 0 Å². The van der Waals surface area contributed by atoms with Gasteiger partial charge in [-0.1, -0.05) is 0 Å². The van der Waals surface area contributed by atoms with Gasteiger partial charge in [0.1, 0.15) is 5.82 Å². The Kier molecular flexibility index (Phi) is 3.19. The first-order valence-corrected chi connectivity index (χ1v) is 5.91. The van der Waals surface area contributed by atoms with E-state index < -0.39 is 0 Å². The monoisotopic (exact) mass is 237 g/mol. The number of carbonyl (C=O) groups is 1. The van der Waals surface area contributed by atoms with Gasteiger partial charge in [-0.25, -0.2) is 0 Å². The quantitative estimate of drug-likeness (QED) is 0.724. The molecule has 2 heterocycles. The van der Waals surface area contributed by atoms with Crippen molar-refractivity contribution in [2.45, 2.75) is 32.9 Å². The zero-order chi connectivity index (χ0) is 12.6. The van der Waals surface area contributed by atoms with E-state index in [1.54, 1.807) is 4.68 Å². The van der Waals surface area contributed by atoms with Crippen LogP contribution in [0.15, 0.2) is 0 Å². The summed E-state index contributed by atoms with van der Waals surface area (Å²) in [6, 6.07) is 0.264. The van der Waals surface area contributed by atoms with Crippen molar-refractivity contribution in [3.05, 3.63) is 11.3 Å². The van der Waals surface area contributed by atoms with Gasteiger partial charge in [0.15, 0.2) is 6.29 Å². The third-order valence-electron chi connectivity index (χ3n) is 3.23. The molecule has 5 heteroatoms. The maximum absolute atomic E-state index is 11.2. The highest BCUT2D eigenvalue weighted by atomic mass is 16.5. The molecule has 5 nitrogen and oxygen atoms in total. The number of hydrogen-bond donors (Lipinski definition) is 0. The van der Waals surface area contributed by atoms with Crippen LogP contribution in [0.5, 0.6) is 0 Å². The second-order valence-electron chi connectivity index (χ2n) is 4.71. The molecule has 1 aromatic rings. The summed E-state index contributed by atoms with van der Waals surface area (Å²) in [6.07, 6.45) is 1.07. The van der Waals surface area contributed by atoms with Gasteiger partial charge in [-0.15, -0.1) is 0 Å². The fourth-order valence-electron chi connectivity index (χ4n) is 2.34. The van der Waals surface area contributed by atoms with Crippen LogP contribution in [0.25, 0.3) is 0 Å². The van der Waals surface area contributed by atoms with Crippen molar-refractivity contribution in [2.24, 2.45) is 7.05 Å². The molecule has 0 saturated carbocycles. The van der Waals surface area contributed by atoms with Crippen molar-refractivity contribution in [3.63, 3.8) is 0 Å². The van der Waals surface area contributed by atoms with Gasteiger partial charge in [-0.2, -0.15) is 5.10 Å². The first-order valence-electron chi connectivity index (χ1n) is 5.91. The molecular weight excluding hydrogens is 218 g/mol. The number of rotatable bonds is 2. The Morgan fingerprint density at radius 1 is 1.47 bits per heavy atom. The molecule has 1 saturated heterocycles. The maximum atomic E-state index is 11.2. The highest BCUT2D eigenvalue weighted by molar-refractivity contribution is 5.85. The van der Waals surface area contributed by atoms with Crippen molar-refractivity contribution in [3.8, 4) is 0 Å². The van der Waals surface area contributed by atoms with Crippen LogP contribution in [0, 0.1) is 6.92 Å². The van der Waals surface area contributed by atoms with Gasteiger partial charge in [-0.3, -0.25) is 9.48 Å². The van der Waals surface area contributed by atoms with E-state index in [4.69, 9.17) is 4.74 Å². The molecule has 17 heavy (non-hydrogen) atoms. The largest absolute Gasteiger partial charge is 0.375 e. The van der Waals surface area contributed by atoms with Crippen LogP contribution in [-0.2, 0) is 11.8 Å². The Hall–Kier alpha value is -1.36. The maximum Gasteiger partial charge on any atom is 0.155 e. The summed E-state index contributed by atoms with van der Waals surface area (Å²) in [7, 11) is 1.88. The van der Waals surface area contributed by atoms with E-state index in [1.165, 1.54) is 0 Å². The Labute approximate surface area is 101 Å². The van der Waals surface area contributed by atoms with Crippen LogP contribution >= 0.6 is 0 Å². The first kappa shape index (κ1) is 12.1. The van der Waals surface area contributed by atoms with Crippen LogP contribution in [0.3, 0.4) is 0 Å². The van der Waals surface area contributed by atoms with E-state index in [-0.39, 0.29) is 12.1 Å². The van der Waals surface area contributed by atoms with Gasteiger partial charge in [0.05, 0.1) is 30.0 Å².